The molecule has 2 aliphatic heterocycles. The van der Waals surface area contributed by atoms with Crippen LogP contribution in [0.2, 0.25) is 0 Å². The third-order valence-corrected chi connectivity index (χ3v) is 5.91. The van der Waals surface area contributed by atoms with Crippen molar-refractivity contribution in [2.45, 2.75) is 19.3 Å². The summed E-state index contributed by atoms with van der Waals surface area (Å²) < 4.78 is 5.19. The molecule has 0 bridgehead atoms. The number of rotatable bonds is 6. The van der Waals surface area contributed by atoms with Gasteiger partial charge in [0.15, 0.2) is 0 Å². The van der Waals surface area contributed by atoms with Crippen LogP contribution in [-0.2, 0) is 16.0 Å². The van der Waals surface area contributed by atoms with Gasteiger partial charge in [-0.1, -0.05) is 6.07 Å². The molecule has 0 aliphatic carbocycles. The van der Waals surface area contributed by atoms with E-state index < -0.39 is 0 Å². The molecule has 25 heavy (non-hydrogen) atoms. The number of pyridine rings is 1. The summed E-state index contributed by atoms with van der Waals surface area (Å²) in [6.07, 6.45) is 5.85. The Bertz CT molecular complexity index is 558. The molecule has 1 atom stereocenters. The summed E-state index contributed by atoms with van der Waals surface area (Å²) in [7, 11) is 1.72. The lowest BCUT2D eigenvalue weighted by Crippen LogP contribution is -2.47. The van der Waals surface area contributed by atoms with Crippen LogP contribution in [0.3, 0.4) is 0 Å². The summed E-state index contributed by atoms with van der Waals surface area (Å²) in [5.74, 6) is 0.484. The number of aromatic nitrogens is 1. The van der Waals surface area contributed by atoms with Gasteiger partial charge in [-0.05, 0) is 29.9 Å². The van der Waals surface area contributed by atoms with Crippen LogP contribution < -0.4 is 0 Å². The average Bonchev–Trinajstić information content (AvgIpc) is 2.98. The van der Waals surface area contributed by atoms with Gasteiger partial charge in [0.25, 0.3) is 0 Å². The van der Waals surface area contributed by atoms with E-state index in [1.165, 1.54) is 0 Å². The summed E-state index contributed by atoms with van der Waals surface area (Å²) in [6.45, 7) is 5.38. The highest BCUT2D eigenvalue weighted by Gasteiger charge is 2.47. The summed E-state index contributed by atoms with van der Waals surface area (Å²) in [6, 6.07) is 3.82. The van der Waals surface area contributed by atoms with Gasteiger partial charge >= 0.3 is 0 Å². The monoisotopic (exact) mass is 347 g/mol. The molecule has 0 radical (unpaired) electrons. The van der Waals surface area contributed by atoms with E-state index in [2.05, 4.69) is 9.88 Å². The van der Waals surface area contributed by atoms with Gasteiger partial charge in [-0.25, -0.2) is 0 Å². The predicted octanol–water partition coefficient (Wildman–Crippen LogP) is 0.803. The molecule has 6 nitrogen and oxygen atoms in total. The summed E-state index contributed by atoms with van der Waals surface area (Å²) >= 11 is 0. The largest absolute Gasteiger partial charge is 0.396 e. The maximum atomic E-state index is 12.5. The summed E-state index contributed by atoms with van der Waals surface area (Å²) in [5.41, 5.74) is 1.11. The van der Waals surface area contributed by atoms with Gasteiger partial charge in [-0.15, -0.1) is 0 Å². The number of methoxy groups -OCH3 is 1. The van der Waals surface area contributed by atoms with Crippen molar-refractivity contribution in [2.75, 3.05) is 53.0 Å². The zero-order valence-electron chi connectivity index (χ0n) is 15.1. The SMILES string of the molecule is COCCN1CC(CO)C2(CCN(C(=O)Cc3cccnc3)CC2)C1. The third kappa shape index (κ3) is 4.19. The molecule has 1 aromatic rings. The molecule has 138 valence electrons. The van der Waals surface area contributed by atoms with Crippen LogP contribution in [0.15, 0.2) is 24.5 Å². The Morgan fingerprint density at radius 3 is 2.88 bits per heavy atom. The number of ether oxygens (including phenoxy) is 1. The maximum absolute atomic E-state index is 12.5. The molecule has 2 aliphatic rings. The highest BCUT2D eigenvalue weighted by atomic mass is 16.5. The van der Waals surface area contributed by atoms with Crippen molar-refractivity contribution in [3.05, 3.63) is 30.1 Å². The van der Waals surface area contributed by atoms with Crippen molar-refractivity contribution >= 4 is 5.91 Å². The standard InChI is InChI=1S/C19H29N3O3/c1-25-10-9-21-13-17(14-23)19(15-21)4-7-22(8-5-19)18(24)11-16-3-2-6-20-12-16/h2-3,6,12,17,23H,4-5,7-11,13-15H2,1H3. The average molecular weight is 347 g/mol. The number of amides is 1. The summed E-state index contributed by atoms with van der Waals surface area (Å²) in [5, 5.41) is 9.85. The van der Waals surface area contributed by atoms with Gasteiger partial charge in [0.05, 0.1) is 13.0 Å². The highest BCUT2D eigenvalue weighted by molar-refractivity contribution is 5.78. The first-order chi connectivity index (χ1) is 12.2. The maximum Gasteiger partial charge on any atom is 0.227 e. The van der Waals surface area contributed by atoms with Crippen LogP contribution in [0.4, 0.5) is 0 Å². The predicted molar refractivity (Wildman–Crippen MR) is 95.1 cm³/mol. The summed E-state index contributed by atoms with van der Waals surface area (Å²) in [4.78, 5) is 21.0. The number of nitrogens with zero attached hydrogens (tertiary/aromatic N) is 3. The Labute approximate surface area is 149 Å². The lowest BCUT2D eigenvalue weighted by Gasteiger charge is -2.42. The van der Waals surface area contributed by atoms with Crippen LogP contribution >= 0.6 is 0 Å². The van der Waals surface area contributed by atoms with Gasteiger partial charge < -0.3 is 19.6 Å². The second-order valence-corrected chi connectivity index (χ2v) is 7.39. The fraction of sp³-hybridized carbons (Fsp3) is 0.684. The van der Waals surface area contributed by atoms with E-state index in [4.69, 9.17) is 4.74 Å². The second-order valence-electron chi connectivity index (χ2n) is 7.39. The van der Waals surface area contributed by atoms with Crippen molar-refractivity contribution in [3.63, 3.8) is 0 Å². The number of carbonyl (C=O) groups excluding carboxylic acids is 1. The Morgan fingerprint density at radius 1 is 1.44 bits per heavy atom. The van der Waals surface area contributed by atoms with E-state index in [1.54, 1.807) is 19.5 Å². The molecule has 0 saturated carbocycles. The molecule has 1 N–H and O–H groups in total. The topological polar surface area (TPSA) is 65.9 Å². The Hall–Kier alpha value is -1.50. The van der Waals surface area contributed by atoms with E-state index in [0.717, 1.165) is 57.7 Å². The third-order valence-electron chi connectivity index (χ3n) is 5.91. The zero-order chi connectivity index (χ0) is 17.7. The Morgan fingerprint density at radius 2 is 2.24 bits per heavy atom. The highest BCUT2D eigenvalue weighted by Crippen LogP contribution is 2.44. The molecule has 6 heteroatoms. The molecule has 1 spiro atoms. The van der Waals surface area contributed by atoms with Crippen molar-refractivity contribution in [3.8, 4) is 0 Å². The van der Waals surface area contributed by atoms with Gasteiger partial charge in [0, 0.05) is 64.8 Å². The van der Waals surface area contributed by atoms with Crippen LogP contribution in [0.5, 0.6) is 0 Å². The smallest absolute Gasteiger partial charge is 0.227 e. The van der Waals surface area contributed by atoms with E-state index >= 15 is 0 Å². The fourth-order valence-electron chi connectivity index (χ4n) is 4.34. The Kier molecular flexibility index (Phi) is 6.04. The van der Waals surface area contributed by atoms with Gasteiger partial charge in [0.2, 0.25) is 5.91 Å². The normalized spacial score (nSPS) is 23.3. The minimum atomic E-state index is 0.146. The number of hydrogen-bond donors (Lipinski definition) is 1. The molecule has 3 heterocycles. The minimum Gasteiger partial charge on any atom is -0.396 e. The van der Waals surface area contributed by atoms with Crippen molar-refractivity contribution in [1.82, 2.24) is 14.8 Å². The molecule has 2 fully saturated rings. The number of likely N-dealkylation sites (tertiary alicyclic amines) is 2. The van der Waals surface area contributed by atoms with E-state index in [9.17, 15) is 9.90 Å². The molecule has 3 rings (SSSR count). The molecular formula is C19H29N3O3. The first-order valence-corrected chi connectivity index (χ1v) is 9.16. The quantitative estimate of drug-likeness (QED) is 0.825. The molecule has 1 amide bonds. The molecule has 0 aromatic carbocycles. The van der Waals surface area contributed by atoms with Crippen LogP contribution in [-0.4, -0.2) is 78.8 Å². The molecule has 1 unspecified atom stereocenters. The number of piperidine rings is 1. The number of aliphatic hydroxyl groups excluding tert-OH is 1. The second kappa shape index (κ2) is 8.25. The number of aliphatic hydroxyl groups is 1. The molecular weight excluding hydrogens is 318 g/mol. The van der Waals surface area contributed by atoms with Gasteiger partial charge in [-0.2, -0.15) is 0 Å². The minimum absolute atomic E-state index is 0.146. The zero-order valence-corrected chi connectivity index (χ0v) is 15.1. The Balaban J connectivity index is 1.56. The number of carbonyl (C=O) groups is 1. The van der Waals surface area contributed by atoms with Gasteiger partial charge in [0.1, 0.15) is 0 Å². The number of hydrogen-bond acceptors (Lipinski definition) is 5. The molecule has 2 saturated heterocycles. The fourth-order valence-corrected chi connectivity index (χ4v) is 4.34. The van der Waals surface area contributed by atoms with Gasteiger partial charge in [-0.3, -0.25) is 9.78 Å². The molecule has 1 aromatic heterocycles. The van der Waals surface area contributed by atoms with Crippen molar-refractivity contribution < 1.29 is 14.6 Å². The first-order valence-electron chi connectivity index (χ1n) is 9.16. The van der Waals surface area contributed by atoms with E-state index in [0.29, 0.717) is 12.3 Å². The van der Waals surface area contributed by atoms with Crippen LogP contribution in [0, 0.1) is 11.3 Å². The van der Waals surface area contributed by atoms with Crippen LogP contribution in [0.25, 0.3) is 0 Å². The lowest BCUT2D eigenvalue weighted by molar-refractivity contribution is -0.133. The lowest BCUT2D eigenvalue weighted by atomic mass is 9.71. The van der Waals surface area contributed by atoms with E-state index in [1.807, 2.05) is 17.0 Å². The first kappa shape index (κ1) is 18.3. The van der Waals surface area contributed by atoms with Crippen LogP contribution in [0.1, 0.15) is 18.4 Å². The van der Waals surface area contributed by atoms with Crippen molar-refractivity contribution in [1.29, 1.82) is 0 Å². The van der Waals surface area contributed by atoms with Crippen molar-refractivity contribution in [2.24, 2.45) is 11.3 Å². The van der Waals surface area contributed by atoms with E-state index in [-0.39, 0.29) is 17.9 Å².